The van der Waals surface area contributed by atoms with Crippen molar-refractivity contribution >= 4 is 17.7 Å². The molecule has 2 atom stereocenters. The Morgan fingerprint density at radius 3 is 2.32 bits per heavy atom. The highest BCUT2D eigenvalue weighted by Crippen LogP contribution is 2.22. The average molecular weight is 438 g/mol. The minimum absolute atomic E-state index is 0.0498. The number of amides is 1. The van der Waals surface area contributed by atoms with Crippen LogP contribution in [0.5, 0.6) is 0 Å². The van der Waals surface area contributed by atoms with Crippen LogP contribution in [0.2, 0.25) is 0 Å². The second-order valence-electron chi connectivity index (χ2n) is 8.39. The van der Waals surface area contributed by atoms with Gasteiger partial charge in [0.15, 0.2) is 0 Å². The van der Waals surface area contributed by atoms with Crippen LogP contribution in [0.4, 0.5) is 0 Å². The van der Waals surface area contributed by atoms with Gasteiger partial charge in [-0.1, -0.05) is 87.1 Å². The van der Waals surface area contributed by atoms with E-state index in [2.05, 4.69) is 72.7 Å². The Hall–Kier alpha value is -2.60. The van der Waals surface area contributed by atoms with Crippen LogP contribution in [0, 0.1) is 5.92 Å². The number of thioether (sulfide) groups is 1. The van der Waals surface area contributed by atoms with E-state index in [1.807, 2.05) is 25.1 Å². The summed E-state index contributed by atoms with van der Waals surface area (Å²) < 4.78 is 5.72. The predicted octanol–water partition coefficient (Wildman–Crippen LogP) is 5.58. The largest absolute Gasteiger partial charge is 0.416 e. The minimum Gasteiger partial charge on any atom is -0.416 e. The van der Waals surface area contributed by atoms with E-state index in [9.17, 15) is 4.79 Å². The molecule has 0 aliphatic heterocycles. The molecule has 0 radical (unpaired) electrons. The smallest absolute Gasteiger partial charge is 0.277 e. The van der Waals surface area contributed by atoms with Gasteiger partial charge in [-0.2, -0.15) is 0 Å². The topological polar surface area (TPSA) is 68.0 Å². The van der Waals surface area contributed by atoms with Gasteiger partial charge in [0.2, 0.25) is 11.8 Å². The summed E-state index contributed by atoms with van der Waals surface area (Å²) in [6.45, 7) is 8.56. The van der Waals surface area contributed by atoms with Gasteiger partial charge in [0.05, 0.1) is 11.8 Å². The maximum atomic E-state index is 12.4. The van der Waals surface area contributed by atoms with Crippen LogP contribution >= 0.6 is 11.8 Å². The summed E-state index contributed by atoms with van der Waals surface area (Å²) >= 11 is 1.27. The van der Waals surface area contributed by atoms with E-state index in [0.29, 0.717) is 23.5 Å². The van der Waals surface area contributed by atoms with Gasteiger partial charge in [-0.05, 0) is 41.9 Å². The van der Waals surface area contributed by atoms with Crippen molar-refractivity contribution in [1.29, 1.82) is 0 Å². The second-order valence-corrected chi connectivity index (χ2v) is 9.32. The third-order valence-electron chi connectivity index (χ3n) is 5.13. The molecular formula is C25H31N3O2S. The average Bonchev–Trinajstić information content (AvgIpc) is 3.20. The number of carbonyl (C=O) groups is 1. The number of nitrogens with zero attached hydrogens (tertiary/aromatic N) is 2. The predicted molar refractivity (Wildman–Crippen MR) is 125 cm³/mol. The standard InChI is InChI=1S/C25H31N3O2S/c1-17(2)14-20-10-12-22(13-11-20)19(4)26-23(29)16-31-25-28-27-24(30-25)15-18(3)21-8-6-5-7-9-21/h5-13,17-19H,14-16H2,1-4H3,(H,26,29). The van der Waals surface area contributed by atoms with E-state index in [1.54, 1.807) is 0 Å². The number of benzene rings is 2. The van der Waals surface area contributed by atoms with Crippen LogP contribution in [-0.2, 0) is 17.6 Å². The molecule has 0 saturated carbocycles. The molecule has 3 aromatic rings. The van der Waals surface area contributed by atoms with Crippen LogP contribution < -0.4 is 5.32 Å². The van der Waals surface area contributed by atoms with Crippen LogP contribution in [-0.4, -0.2) is 21.9 Å². The van der Waals surface area contributed by atoms with Crippen molar-refractivity contribution in [2.45, 2.75) is 57.7 Å². The molecule has 0 spiro atoms. The van der Waals surface area contributed by atoms with E-state index in [0.717, 1.165) is 12.0 Å². The molecule has 1 N–H and O–H groups in total. The molecular weight excluding hydrogens is 406 g/mol. The van der Waals surface area contributed by atoms with Gasteiger partial charge >= 0.3 is 0 Å². The van der Waals surface area contributed by atoms with E-state index < -0.39 is 0 Å². The summed E-state index contributed by atoms with van der Waals surface area (Å²) in [5.74, 6) is 1.70. The lowest BCUT2D eigenvalue weighted by Gasteiger charge is -2.15. The number of rotatable bonds is 10. The number of hydrogen-bond donors (Lipinski definition) is 1. The zero-order valence-electron chi connectivity index (χ0n) is 18.7. The van der Waals surface area contributed by atoms with Crippen LogP contribution in [0.1, 0.15) is 62.2 Å². The van der Waals surface area contributed by atoms with E-state index in [1.165, 1.54) is 22.9 Å². The third kappa shape index (κ3) is 7.24. The first-order valence-corrected chi connectivity index (χ1v) is 11.8. The van der Waals surface area contributed by atoms with E-state index >= 15 is 0 Å². The first-order chi connectivity index (χ1) is 14.9. The fourth-order valence-electron chi connectivity index (χ4n) is 3.45. The van der Waals surface area contributed by atoms with Gasteiger partial charge < -0.3 is 9.73 Å². The van der Waals surface area contributed by atoms with Crippen molar-refractivity contribution in [2.75, 3.05) is 5.75 Å². The van der Waals surface area contributed by atoms with Crippen molar-refractivity contribution < 1.29 is 9.21 Å². The SMILES string of the molecule is CC(C)Cc1ccc(C(C)NC(=O)CSc2nnc(CC(C)c3ccccc3)o2)cc1. The zero-order valence-corrected chi connectivity index (χ0v) is 19.5. The van der Waals surface area contributed by atoms with Gasteiger partial charge in [0, 0.05) is 6.42 Å². The number of aromatic nitrogens is 2. The molecule has 2 aromatic carbocycles. The van der Waals surface area contributed by atoms with Crippen molar-refractivity contribution in [3.63, 3.8) is 0 Å². The molecule has 0 aliphatic rings. The van der Waals surface area contributed by atoms with Crippen molar-refractivity contribution in [3.05, 3.63) is 77.2 Å². The van der Waals surface area contributed by atoms with Crippen molar-refractivity contribution in [2.24, 2.45) is 5.92 Å². The molecule has 3 rings (SSSR count). The summed E-state index contributed by atoms with van der Waals surface area (Å²) in [5, 5.41) is 11.7. The molecule has 164 valence electrons. The lowest BCUT2D eigenvalue weighted by Crippen LogP contribution is -2.28. The quantitative estimate of drug-likeness (QED) is 0.419. The molecule has 0 saturated heterocycles. The molecule has 5 nitrogen and oxygen atoms in total. The Morgan fingerprint density at radius 2 is 1.65 bits per heavy atom. The van der Waals surface area contributed by atoms with Crippen molar-refractivity contribution in [1.82, 2.24) is 15.5 Å². The zero-order chi connectivity index (χ0) is 22.2. The van der Waals surface area contributed by atoms with Crippen LogP contribution in [0.15, 0.2) is 64.2 Å². The highest BCUT2D eigenvalue weighted by atomic mass is 32.2. The maximum absolute atomic E-state index is 12.4. The van der Waals surface area contributed by atoms with Crippen LogP contribution in [0.3, 0.4) is 0 Å². The van der Waals surface area contributed by atoms with E-state index in [-0.39, 0.29) is 23.6 Å². The van der Waals surface area contributed by atoms with Gasteiger partial charge in [0.1, 0.15) is 0 Å². The lowest BCUT2D eigenvalue weighted by atomic mass is 9.98. The Kier molecular flexibility index (Phi) is 8.29. The Bertz CT molecular complexity index is 954. The molecule has 6 heteroatoms. The summed E-state index contributed by atoms with van der Waals surface area (Å²) in [7, 11) is 0. The third-order valence-corrected chi connectivity index (χ3v) is 5.94. The molecule has 0 bridgehead atoms. The monoisotopic (exact) mass is 437 g/mol. The van der Waals surface area contributed by atoms with Gasteiger partial charge in [-0.25, -0.2) is 0 Å². The lowest BCUT2D eigenvalue weighted by molar-refractivity contribution is -0.119. The highest BCUT2D eigenvalue weighted by molar-refractivity contribution is 7.99. The van der Waals surface area contributed by atoms with E-state index in [4.69, 9.17) is 4.42 Å². The Morgan fingerprint density at radius 1 is 0.935 bits per heavy atom. The maximum Gasteiger partial charge on any atom is 0.277 e. The first kappa shape index (κ1) is 23.1. The Labute approximate surface area is 189 Å². The molecule has 0 aliphatic carbocycles. The normalized spacial score (nSPS) is 13.2. The minimum atomic E-state index is -0.0545. The van der Waals surface area contributed by atoms with Crippen molar-refractivity contribution in [3.8, 4) is 0 Å². The van der Waals surface area contributed by atoms with Gasteiger partial charge in [0.25, 0.3) is 5.22 Å². The highest BCUT2D eigenvalue weighted by Gasteiger charge is 2.15. The second kappa shape index (κ2) is 11.1. The number of nitrogens with one attached hydrogen (secondary N) is 1. The number of carbonyl (C=O) groups excluding carboxylic acids is 1. The summed E-state index contributed by atoms with van der Waals surface area (Å²) in [5.41, 5.74) is 3.66. The molecule has 1 amide bonds. The fourth-order valence-corrected chi connectivity index (χ4v) is 4.04. The Balaban J connectivity index is 1.45. The molecule has 1 aromatic heterocycles. The molecule has 1 heterocycles. The summed E-state index contributed by atoms with van der Waals surface area (Å²) in [6.07, 6.45) is 1.74. The molecule has 31 heavy (non-hydrogen) atoms. The van der Waals surface area contributed by atoms with Gasteiger partial charge in [-0.15, -0.1) is 10.2 Å². The first-order valence-electron chi connectivity index (χ1n) is 10.8. The molecule has 0 fully saturated rings. The number of hydrogen-bond acceptors (Lipinski definition) is 5. The summed E-state index contributed by atoms with van der Waals surface area (Å²) in [6, 6.07) is 18.7. The summed E-state index contributed by atoms with van der Waals surface area (Å²) in [4.78, 5) is 12.4. The molecule has 2 unspecified atom stereocenters. The van der Waals surface area contributed by atoms with Crippen LogP contribution in [0.25, 0.3) is 0 Å². The van der Waals surface area contributed by atoms with Gasteiger partial charge in [-0.3, -0.25) is 4.79 Å². The fraction of sp³-hybridized carbons (Fsp3) is 0.400.